The van der Waals surface area contributed by atoms with Crippen LogP contribution in [0.4, 0.5) is 0 Å². The van der Waals surface area contributed by atoms with Gasteiger partial charge in [0.15, 0.2) is 0 Å². The van der Waals surface area contributed by atoms with Crippen LogP contribution < -0.4 is 10.1 Å². The maximum Gasteiger partial charge on any atom is 0.242 e. The SMILES string of the molecule is COc1ccc(CC(=O)NCC(=O)N2CCO[C@@H](c3ccccc3)C2)cc1. The first kappa shape index (κ1) is 18.9. The van der Waals surface area contributed by atoms with Crippen LogP contribution in [0.1, 0.15) is 17.2 Å². The van der Waals surface area contributed by atoms with Gasteiger partial charge in [0.05, 0.1) is 33.2 Å². The van der Waals surface area contributed by atoms with Crippen LogP contribution in [0.3, 0.4) is 0 Å². The van der Waals surface area contributed by atoms with Crippen LogP contribution in [0, 0.1) is 0 Å². The monoisotopic (exact) mass is 368 g/mol. The van der Waals surface area contributed by atoms with Crippen LogP contribution in [-0.4, -0.2) is 50.1 Å². The van der Waals surface area contributed by atoms with Gasteiger partial charge < -0.3 is 19.7 Å². The van der Waals surface area contributed by atoms with E-state index in [4.69, 9.17) is 9.47 Å². The Morgan fingerprint density at radius 1 is 1.15 bits per heavy atom. The van der Waals surface area contributed by atoms with Gasteiger partial charge in [0.1, 0.15) is 11.9 Å². The number of benzene rings is 2. The van der Waals surface area contributed by atoms with Gasteiger partial charge >= 0.3 is 0 Å². The lowest BCUT2D eigenvalue weighted by Crippen LogP contribution is -2.46. The predicted molar refractivity (Wildman–Crippen MR) is 101 cm³/mol. The summed E-state index contributed by atoms with van der Waals surface area (Å²) in [6.45, 7) is 1.52. The molecule has 0 bridgehead atoms. The highest BCUT2D eigenvalue weighted by molar-refractivity contribution is 5.85. The maximum atomic E-state index is 12.5. The van der Waals surface area contributed by atoms with Crippen molar-refractivity contribution in [1.82, 2.24) is 10.2 Å². The fourth-order valence-electron chi connectivity index (χ4n) is 3.02. The van der Waals surface area contributed by atoms with E-state index >= 15 is 0 Å². The summed E-state index contributed by atoms with van der Waals surface area (Å²) in [5.74, 6) is 0.471. The molecule has 6 heteroatoms. The third kappa shape index (κ3) is 5.31. The number of nitrogens with zero attached hydrogens (tertiary/aromatic N) is 1. The van der Waals surface area contributed by atoms with E-state index < -0.39 is 0 Å². The smallest absolute Gasteiger partial charge is 0.242 e. The fourth-order valence-corrected chi connectivity index (χ4v) is 3.02. The minimum absolute atomic E-state index is 0.00347. The number of morpholine rings is 1. The Balaban J connectivity index is 1.47. The third-order valence-corrected chi connectivity index (χ3v) is 4.55. The summed E-state index contributed by atoms with van der Waals surface area (Å²) in [6, 6.07) is 17.2. The second-order valence-corrected chi connectivity index (χ2v) is 6.41. The molecule has 0 unspecified atom stereocenters. The first-order valence-corrected chi connectivity index (χ1v) is 8.99. The molecule has 0 saturated carbocycles. The summed E-state index contributed by atoms with van der Waals surface area (Å²) in [5.41, 5.74) is 1.93. The fraction of sp³-hybridized carbons (Fsp3) is 0.333. The van der Waals surface area contributed by atoms with Crippen LogP contribution in [0.15, 0.2) is 54.6 Å². The van der Waals surface area contributed by atoms with Gasteiger partial charge in [-0.15, -0.1) is 0 Å². The molecule has 2 amide bonds. The van der Waals surface area contributed by atoms with Crippen LogP contribution in [0.5, 0.6) is 5.75 Å². The zero-order chi connectivity index (χ0) is 19.1. The molecule has 1 fully saturated rings. The Bertz CT molecular complexity index is 762. The van der Waals surface area contributed by atoms with Crippen molar-refractivity contribution in [2.45, 2.75) is 12.5 Å². The summed E-state index contributed by atoms with van der Waals surface area (Å²) < 4.78 is 10.9. The van der Waals surface area contributed by atoms with E-state index in [-0.39, 0.29) is 30.9 Å². The van der Waals surface area contributed by atoms with E-state index in [1.54, 1.807) is 12.0 Å². The highest BCUT2D eigenvalue weighted by Gasteiger charge is 2.25. The normalized spacial score (nSPS) is 16.6. The number of carbonyl (C=O) groups excluding carboxylic acids is 2. The Morgan fingerprint density at radius 2 is 1.89 bits per heavy atom. The number of hydrogen-bond donors (Lipinski definition) is 1. The molecule has 2 aromatic rings. The van der Waals surface area contributed by atoms with Gasteiger partial charge in [-0.2, -0.15) is 0 Å². The molecule has 0 aliphatic carbocycles. The van der Waals surface area contributed by atoms with Crippen LogP contribution in [-0.2, 0) is 20.7 Å². The molecule has 1 aliphatic rings. The Hall–Kier alpha value is -2.86. The maximum absolute atomic E-state index is 12.5. The van der Waals surface area contributed by atoms with Crippen molar-refractivity contribution in [3.63, 3.8) is 0 Å². The molecule has 142 valence electrons. The molecular formula is C21H24N2O4. The minimum Gasteiger partial charge on any atom is -0.497 e. The Kier molecular flexibility index (Phi) is 6.44. The summed E-state index contributed by atoms with van der Waals surface area (Å²) in [4.78, 5) is 26.3. The number of rotatable bonds is 6. The molecule has 0 aromatic heterocycles. The van der Waals surface area contributed by atoms with Crippen molar-refractivity contribution in [1.29, 1.82) is 0 Å². The van der Waals surface area contributed by atoms with Gasteiger partial charge in [-0.3, -0.25) is 9.59 Å². The second kappa shape index (κ2) is 9.19. The average Bonchev–Trinajstić information content (AvgIpc) is 2.73. The standard InChI is InChI=1S/C21H24N2O4/c1-26-18-9-7-16(8-10-18)13-20(24)22-14-21(25)23-11-12-27-19(15-23)17-5-3-2-4-6-17/h2-10,19H,11-15H2,1H3,(H,22,24)/t19-/m1/s1. The molecule has 27 heavy (non-hydrogen) atoms. The van der Waals surface area contributed by atoms with Gasteiger partial charge in [-0.25, -0.2) is 0 Å². The Labute approximate surface area is 159 Å². The van der Waals surface area contributed by atoms with Crippen molar-refractivity contribution in [3.05, 3.63) is 65.7 Å². The Morgan fingerprint density at radius 3 is 2.59 bits per heavy atom. The van der Waals surface area contributed by atoms with E-state index in [1.165, 1.54) is 0 Å². The van der Waals surface area contributed by atoms with Crippen molar-refractivity contribution >= 4 is 11.8 Å². The van der Waals surface area contributed by atoms with Crippen LogP contribution in [0.2, 0.25) is 0 Å². The number of amides is 2. The van der Waals surface area contributed by atoms with E-state index in [1.807, 2.05) is 54.6 Å². The van der Waals surface area contributed by atoms with Gasteiger partial charge in [0.25, 0.3) is 0 Å². The zero-order valence-corrected chi connectivity index (χ0v) is 15.4. The minimum atomic E-state index is -0.179. The van der Waals surface area contributed by atoms with Crippen molar-refractivity contribution in [3.8, 4) is 5.75 Å². The molecule has 1 aliphatic heterocycles. The van der Waals surface area contributed by atoms with Gasteiger partial charge in [-0.05, 0) is 23.3 Å². The third-order valence-electron chi connectivity index (χ3n) is 4.55. The molecule has 1 atom stereocenters. The lowest BCUT2D eigenvalue weighted by Gasteiger charge is -2.33. The van der Waals surface area contributed by atoms with E-state index in [0.717, 1.165) is 16.9 Å². The molecule has 0 spiro atoms. The lowest BCUT2D eigenvalue weighted by atomic mass is 10.1. The summed E-state index contributed by atoms with van der Waals surface area (Å²) in [5, 5.41) is 2.71. The highest BCUT2D eigenvalue weighted by Crippen LogP contribution is 2.21. The summed E-state index contributed by atoms with van der Waals surface area (Å²) in [6.07, 6.45) is 0.103. The largest absolute Gasteiger partial charge is 0.497 e. The number of methoxy groups -OCH3 is 1. The quantitative estimate of drug-likeness (QED) is 0.846. The molecule has 1 saturated heterocycles. The first-order chi connectivity index (χ1) is 13.2. The van der Waals surface area contributed by atoms with Crippen molar-refractivity contribution in [2.24, 2.45) is 0 Å². The van der Waals surface area contributed by atoms with E-state index in [9.17, 15) is 9.59 Å². The predicted octanol–water partition coefficient (Wildman–Crippen LogP) is 1.95. The lowest BCUT2D eigenvalue weighted by molar-refractivity contribution is -0.139. The van der Waals surface area contributed by atoms with E-state index in [0.29, 0.717) is 19.7 Å². The number of hydrogen-bond acceptors (Lipinski definition) is 4. The summed E-state index contributed by atoms with van der Waals surface area (Å²) >= 11 is 0. The number of nitrogens with one attached hydrogen (secondary N) is 1. The van der Waals surface area contributed by atoms with Crippen LogP contribution in [0.25, 0.3) is 0 Å². The van der Waals surface area contributed by atoms with Crippen molar-refractivity contribution < 1.29 is 19.1 Å². The molecule has 1 heterocycles. The molecular weight excluding hydrogens is 344 g/mol. The number of ether oxygens (including phenoxy) is 2. The molecule has 3 rings (SSSR count). The van der Waals surface area contributed by atoms with Crippen LogP contribution >= 0.6 is 0 Å². The summed E-state index contributed by atoms with van der Waals surface area (Å²) in [7, 11) is 1.60. The number of carbonyl (C=O) groups is 2. The molecule has 1 N–H and O–H groups in total. The molecule has 0 radical (unpaired) electrons. The molecule has 6 nitrogen and oxygen atoms in total. The topological polar surface area (TPSA) is 67.9 Å². The van der Waals surface area contributed by atoms with Gasteiger partial charge in [0, 0.05) is 6.54 Å². The first-order valence-electron chi connectivity index (χ1n) is 8.99. The van der Waals surface area contributed by atoms with Gasteiger partial charge in [0.2, 0.25) is 11.8 Å². The molecule has 2 aromatic carbocycles. The zero-order valence-electron chi connectivity index (χ0n) is 15.4. The van der Waals surface area contributed by atoms with Gasteiger partial charge in [-0.1, -0.05) is 42.5 Å². The highest BCUT2D eigenvalue weighted by atomic mass is 16.5. The van der Waals surface area contributed by atoms with Crippen molar-refractivity contribution in [2.75, 3.05) is 33.4 Å². The average molecular weight is 368 g/mol. The second-order valence-electron chi connectivity index (χ2n) is 6.41. The van der Waals surface area contributed by atoms with E-state index in [2.05, 4.69) is 5.32 Å².